The van der Waals surface area contributed by atoms with E-state index in [1.807, 2.05) is 39.3 Å². The predicted octanol–water partition coefficient (Wildman–Crippen LogP) is 1.97. The van der Waals surface area contributed by atoms with Crippen molar-refractivity contribution < 1.29 is 9.59 Å². The molecule has 0 unspecified atom stereocenters. The van der Waals surface area contributed by atoms with Crippen LogP contribution in [0, 0.1) is 6.92 Å². The summed E-state index contributed by atoms with van der Waals surface area (Å²) in [7, 11) is 0. The Balaban J connectivity index is 2.15. The lowest BCUT2D eigenvalue weighted by atomic mass is 10.1. The van der Waals surface area contributed by atoms with Gasteiger partial charge in [-0.3, -0.25) is 9.59 Å². The zero-order chi connectivity index (χ0) is 18.1. The molecule has 2 rings (SSSR count). The van der Waals surface area contributed by atoms with E-state index in [0.29, 0.717) is 11.3 Å². The summed E-state index contributed by atoms with van der Waals surface area (Å²) in [4.78, 5) is 28.7. The first-order valence-corrected chi connectivity index (χ1v) is 8.02. The van der Waals surface area contributed by atoms with Gasteiger partial charge in [0.2, 0.25) is 5.91 Å². The molecule has 2 aromatic heterocycles. The zero-order valence-electron chi connectivity index (χ0n) is 15.1. The predicted molar refractivity (Wildman–Crippen MR) is 92.9 cm³/mol. The van der Waals surface area contributed by atoms with Gasteiger partial charge in [-0.15, -0.1) is 0 Å². The lowest BCUT2D eigenvalue weighted by Crippen LogP contribution is -2.45. The lowest BCUT2D eigenvalue weighted by Gasteiger charge is -2.20. The number of fused-ring (bicyclic) bond motifs is 1. The quantitative estimate of drug-likeness (QED) is 0.896. The van der Waals surface area contributed by atoms with Gasteiger partial charge in [0.05, 0.1) is 24.0 Å². The van der Waals surface area contributed by atoms with Crippen LogP contribution < -0.4 is 10.6 Å². The van der Waals surface area contributed by atoms with Crippen molar-refractivity contribution in [3.8, 4) is 0 Å². The molecular formula is C17H25N5O2. The zero-order valence-corrected chi connectivity index (χ0v) is 15.1. The molecule has 7 heteroatoms. The summed E-state index contributed by atoms with van der Waals surface area (Å²) in [6, 6.07) is 1.95. The minimum absolute atomic E-state index is 0.0706. The van der Waals surface area contributed by atoms with Gasteiger partial charge < -0.3 is 10.6 Å². The van der Waals surface area contributed by atoms with Gasteiger partial charge in [-0.05, 0) is 47.6 Å². The number of nitrogens with one attached hydrogen (secondary N) is 2. The van der Waals surface area contributed by atoms with E-state index in [9.17, 15) is 9.59 Å². The Morgan fingerprint density at radius 3 is 2.54 bits per heavy atom. The molecule has 0 aromatic carbocycles. The topological polar surface area (TPSA) is 88.9 Å². The summed E-state index contributed by atoms with van der Waals surface area (Å²) in [5.74, 6) is -0.543. The Bertz CT molecular complexity index is 771. The van der Waals surface area contributed by atoms with Gasteiger partial charge >= 0.3 is 0 Å². The molecule has 0 saturated carbocycles. The first-order valence-electron chi connectivity index (χ1n) is 8.02. The third-order valence-electron chi connectivity index (χ3n) is 3.42. The van der Waals surface area contributed by atoms with E-state index >= 15 is 0 Å². The molecule has 0 aliphatic heterocycles. The summed E-state index contributed by atoms with van der Waals surface area (Å²) in [6.07, 6.45) is 1.70. The highest BCUT2D eigenvalue weighted by atomic mass is 16.2. The van der Waals surface area contributed by atoms with Crippen molar-refractivity contribution in [1.29, 1.82) is 0 Å². The molecule has 7 nitrogen and oxygen atoms in total. The number of aromatic nitrogens is 3. The van der Waals surface area contributed by atoms with Gasteiger partial charge in [-0.2, -0.15) is 5.10 Å². The Hall–Kier alpha value is -2.44. The van der Waals surface area contributed by atoms with Crippen LogP contribution in [0.1, 0.15) is 56.7 Å². The summed E-state index contributed by atoms with van der Waals surface area (Å²) in [5, 5.41) is 10.6. The van der Waals surface area contributed by atoms with Crippen LogP contribution in [0.25, 0.3) is 11.0 Å². The van der Waals surface area contributed by atoms with E-state index in [4.69, 9.17) is 0 Å². The molecule has 0 saturated heterocycles. The van der Waals surface area contributed by atoms with Crippen LogP contribution in [0.3, 0.4) is 0 Å². The van der Waals surface area contributed by atoms with Gasteiger partial charge in [0.15, 0.2) is 5.65 Å². The molecule has 0 fully saturated rings. The van der Waals surface area contributed by atoms with Crippen LogP contribution in [0.4, 0.5) is 0 Å². The number of carbonyl (C=O) groups excluding carboxylic acids is 2. The van der Waals surface area contributed by atoms with E-state index in [2.05, 4.69) is 20.7 Å². The molecule has 0 atom stereocenters. The second-order valence-electron chi connectivity index (χ2n) is 7.20. The molecule has 24 heavy (non-hydrogen) atoms. The Labute approximate surface area is 141 Å². The van der Waals surface area contributed by atoms with Gasteiger partial charge in [-0.25, -0.2) is 9.67 Å². The van der Waals surface area contributed by atoms with Crippen molar-refractivity contribution in [2.24, 2.45) is 0 Å². The largest absolute Gasteiger partial charge is 0.350 e. The van der Waals surface area contributed by atoms with E-state index in [-0.39, 0.29) is 29.9 Å². The second-order valence-corrected chi connectivity index (χ2v) is 7.20. The van der Waals surface area contributed by atoms with Crippen molar-refractivity contribution in [2.75, 3.05) is 6.54 Å². The average molecular weight is 331 g/mol. The molecule has 0 aliphatic carbocycles. The highest BCUT2D eigenvalue weighted by molar-refractivity contribution is 5.99. The maximum atomic E-state index is 12.4. The molecule has 0 aliphatic rings. The standard InChI is InChI=1S/C17H25N5O2/c1-10(2)22-15-12(8-19-22)7-13(11(3)20-15)16(24)18-9-14(23)21-17(4,5)6/h7-8,10H,9H2,1-6H3,(H,18,24)(H,21,23). The molecule has 130 valence electrons. The summed E-state index contributed by atoms with van der Waals surface area (Å²) < 4.78 is 1.82. The SMILES string of the molecule is Cc1nc2c(cnn2C(C)C)cc1C(=O)NCC(=O)NC(C)(C)C. The molecule has 2 heterocycles. The van der Waals surface area contributed by atoms with Crippen LogP contribution in [0.5, 0.6) is 0 Å². The maximum Gasteiger partial charge on any atom is 0.253 e. The number of amides is 2. The number of hydrogen-bond acceptors (Lipinski definition) is 4. The second kappa shape index (κ2) is 6.59. The lowest BCUT2D eigenvalue weighted by molar-refractivity contribution is -0.121. The van der Waals surface area contributed by atoms with Gasteiger partial charge in [-0.1, -0.05) is 0 Å². The van der Waals surface area contributed by atoms with Crippen LogP contribution in [0.2, 0.25) is 0 Å². The van der Waals surface area contributed by atoms with E-state index in [1.165, 1.54) is 0 Å². The molecule has 0 spiro atoms. The molecular weight excluding hydrogens is 306 g/mol. The van der Waals surface area contributed by atoms with E-state index < -0.39 is 0 Å². The molecule has 2 N–H and O–H groups in total. The van der Waals surface area contributed by atoms with Crippen LogP contribution in [0.15, 0.2) is 12.3 Å². The Morgan fingerprint density at radius 1 is 1.29 bits per heavy atom. The van der Waals surface area contributed by atoms with Crippen molar-refractivity contribution in [1.82, 2.24) is 25.4 Å². The monoisotopic (exact) mass is 331 g/mol. The minimum atomic E-state index is -0.330. The van der Waals surface area contributed by atoms with Crippen LogP contribution in [-0.4, -0.2) is 38.7 Å². The van der Waals surface area contributed by atoms with Crippen molar-refractivity contribution in [3.63, 3.8) is 0 Å². The molecule has 0 bridgehead atoms. The fourth-order valence-corrected chi connectivity index (χ4v) is 2.39. The van der Waals surface area contributed by atoms with Gasteiger partial charge in [0.25, 0.3) is 5.91 Å². The van der Waals surface area contributed by atoms with Gasteiger partial charge in [0.1, 0.15) is 0 Å². The highest BCUT2D eigenvalue weighted by Crippen LogP contribution is 2.19. The van der Waals surface area contributed by atoms with Crippen LogP contribution >= 0.6 is 0 Å². The number of carbonyl (C=O) groups is 2. The number of aryl methyl sites for hydroxylation is 1. The first-order chi connectivity index (χ1) is 11.1. The number of nitrogens with zero attached hydrogens (tertiary/aromatic N) is 3. The number of hydrogen-bond donors (Lipinski definition) is 2. The normalized spacial score (nSPS) is 11.8. The minimum Gasteiger partial charge on any atom is -0.350 e. The van der Waals surface area contributed by atoms with Crippen molar-refractivity contribution in [3.05, 3.63) is 23.5 Å². The highest BCUT2D eigenvalue weighted by Gasteiger charge is 2.17. The Morgan fingerprint density at radius 2 is 1.96 bits per heavy atom. The summed E-state index contributed by atoms with van der Waals surface area (Å²) >= 11 is 0. The molecule has 0 radical (unpaired) electrons. The fraction of sp³-hybridized carbons (Fsp3) is 0.529. The average Bonchev–Trinajstić information content (AvgIpc) is 2.84. The molecule has 2 aromatic rings. The number of rotatable bonds is 4. The number of pyridine rings is 1. The van der Waals surface area contributed by atoms with Gasteiger partial charge in [0, 0.05) is 17.0 Å². The maximum absolute atomic E-state index is 12.4. The summed E-state index contributed by atoms with van der Waals surface area (Å²) in [6.45, 7) is 11.4. The first kappa shape index (κ1) is 17.9. The smallest absolute Gasteiger partial charge is 0.253 e. The molecule has 2 amide bonds. The van der Waals surface area contributed by atoms with Crippen LogP contribution in [-0.2, 0) is 4.79 Å². The third kappa shape index (κ3) is 4.10. The van der Waals surface area contributed by atoms with E-state index in [1.54, 1.807) is 19.2 Å². The summed E-state index contributed by atoms with van der Waals surface area (Å²) in [5.41, 5.74) is 1.49. The van der Waals surface area contributed by atoms with E-state index in [0.717, 1.165) is 11.0 Å². The fourth-order valence-electron chi connectivity index (χ4n) is 2.39. The Kier molecular flexibility index (Phi) is 4.91. The third-order valence-corrected chi connectivity index (χ3v) is 3.42. The van der Waals surface area contributed by atoms with Crippen molar-refractivity contribution in [2.45, 2.75) is 53.1 Å². The van der Waals surface area contributed by atoms with Crippen molar-refractivity contribution >= 4 is 22.8 Å².